The molecule has 4 heterocycles. The van der Waals surface area contributed by atoms with Crippen LogP contribution in [0.4, 0.5) is 0 Å². The van der Waals surface area contributed by atoms with Gasteiger partial charge in [-0.25, -0.2) is 0 Å². The first-order valence-electron chi connectivity index (χ1n) is 10.4. The molecule has 0 fully saturated rings. The third kappa shape index (κ3) is 6.06. The van der Waals surface area contributed by atoms with Gasteiger partial charge in [-0.2, -0.15) is 0 Å². The number of halogens is 1. The Kier molecular flexibility index (Phi) is 9.28. The van der Waals surface area contributed by atoms with Gasteiger partial charge in [-0.3, -0.25) is 9.97 Å². The van der Waals surface area contributed by atoms with Crippen LogP contribution in [0.1, 0.15) is 11.4 Å². The van der Waals surface area contributed by atoms with Crippen molar-refractivity contribution in [3.8, 4) is 34.0 Å². The fourth-order valence-electron chi connectivity index (χ4n) is 3.39. The molecule has 0 aliphatic heterocycles. The standard InChI is InChI=1S/C15H16N5.C11H8N.ClH.Ir/c1-10-12(14-16-5-7-19(14)3)9-13(11(2)18-10)15-17-6-8-20(15)4;1-2-6-10(7-3-1)11-8-4-5-9-12-11;;/h5-8H,1-4H3;1-6,8-9H;1H;/q2*-1;;+3/p-1. The van der Waals surface area contributed by atoms with E-state index in [1.165, 1.54) is 17.9 Å². The molecule has 0 radical (unpaired) electrons. The third-order valence-corrected chi connectivity index (χ3v) is 5.05. The van der Waals surface area contributed by atoms with Crippen molar-refractivity contribution in [2.45, 2.75) is 13.8 Å². The second kappa shape index (κ2) is 12.4. The first-order chi connectivity index (χ1) is 16.5. The summed E-state index contributed by atoms with van der Waals surface area (Å²) in [6.07, 6.45) is 9.19. The molecule has 174 valence electrons. The molecular formula is C26H24ClIrN6. The van der Waals surface area contributed by atoms with E-state index in [9.17, 15) is 0 Å². The summed E-state index contributed by atoms with van der Waals surface area (Å²) >= 11 is 1.47. The summed E-state index contributed by atoms with van der Waals surface area (Å²) in [7, 11) is 8.58. The maximum atomic E-state index is 4.64. The molecule has 5 rings (SSSR count). The van der Waals surface area contributed by atoms with Crippen LogP contribution in [0.5, 0.6) is 0 Å². The molecular weight excluding hydrogens is 624 g/mol. The third-order valence-electron chi connectivity index (χ3n) is 5.05. The van der Waals surface area contributed by atoms with E-state index in [1.807, 2.05) is 91.9 Å². The van der Waals surface area contributed by atoms with Crippen molar-refractivity contribution < 1.29 is 17.9 Å². The molecule has 1 aromatic carbocycles. The molecule has 0 atom stereocenters. The molecule has 0 aliphatic rings. The van der Waals surface area contributed by atoms with E-state index in [0.29, 0.717) is 0 Å². The van der Waals surface area contributed by atoms with Crippen molar-refractivity contribution in [2.24, 2.45) is 14.1 Å². The number of benzene rings is 1. The normalized spacial score (nSPS) is 10.1. The van der Waals surface area contributed by atoms with Gasteiger partial charge in [-0.1, -0.05) is 37.1 Å². The summed E-state index contributed by atoms with van der Waals surface area (Å²) < 4.78 is 3.94. The quantitative estimate of drug-likeness (QED) is 0.242. The number of hydrogen-bond donors (Lipinski definition) is 0. The van der Waals surface area contributed by atoms with Crippen molar-refractivity contribution in [1.82, 2.24) is 29.1 Å². The van der Waals surface area contributed by atoms with Crippen LogP contribution in [-0.4, -0.2) is 29.1 Å². The summed E-state index contributed by atoms with van der Waals surface area (Å²) in [6.45, 7) is 3.96. The maximum absolute atomic E-state index is 4.64. The Morgan fingerprint density at radius 3 is 1.79 bits per heavy atom. The number of aromatic nitrogens is 6. The van der Waals surface area contributed by atoms with E-state index < -0.39 is 0 Å². The number of hydrogen-bond acceptors (Lipinski definition) is 4. The Morgan fingerprint density at radius 1 is 0.765 bits per heavy atom. The topological polar surface area (TPSA) is 61.4 Å². The van der Waals surface area contributed by atoms with Gasteiger partial charge in [0.25, 0.3) is 0 Å². The molecule has 0 saturated carbocycles. The Bertz CT molecular complexity index is 1220. The Morgan fingerprint density at radius 2 is 1.35 bits per heavy atom. The smallest absolute Gasteiger partial charge is 0.0160 e. The molecule has 0 aliphatic carbocycles. The molecule has 0 N–H and O–H groups in total. The van der Waals surface area contributed by atoms with Gasteiger partial charge in [0.2, 0.25) is 0 Å². The monoisotopic (exact) mass is 648 g/mol. The van der Waals surface area contributed by atoms with Gasteiger partial charge < -0.3 is 19.1 Å². The molecule has 8 heteroatoms. The van der Waals surface area contributed by atoms with Gasteiger partial charge >= 0.3 is 27.5 Å². The number of nitrogens with zero attached hydrogens (tertiary/aromatic N) is 6. The van der Waals surface area contributed by atoms with Gasteiger partial charge in [-0.05, 0) is 23.1 Å². The molecule has 0 unspecified atom stereocenters. The molecule has 0 amide bonds. The van der Waals surface area contributed by atoms with E-state index in [1.54, 1.807) is 18.6 Å². The van der Waals surface area contributed by atoms with Crippen LogP contribution in [0.15, 0.2) is 73.4 Å². The van der Waals surface area contributed by atoms with Gasteiger partial charge in [-0.15, -0.1) is 42.0 Å². The zero-order valence-corrected chi connectivity index (χ0v) is 22.5. The Hall–Kier alpha value is -3.12. The SMILES string of the molecule is Cc1nc(C)c(-c2nccn2C)[c-]c1-c1nccn1C.[Cl][Ir+2].[c-]1ccccc1-c1ccccn1. The minimum absolute atomic E-state index is 0.866. The van der Waals surface area contributed by atoms with Crippen molar-refractivity contribution in [2.75, 3.05) is 0 Å². The molecule has 6 nitrogen and oxygen atoms in total. The molecule has 34 heavy (non-hydrogen) atoms. The van der Waals surface area contributed by atoms with Crippen LogP contribution < -0.4 is 0 Å². The van der Waals surface area contributed by atoms with Crippen molar-refractivity contribution >= 4 is 9.58 Å². The van der Waals surface area contributed by atoms with Crippen molar-refractivity contribution in [3.05, 3.63) is 97.0 Å². The van der Waals surface area contributed by atoms with E-state index in [0.717, 1.165) is 45.4 Å². The van der Waals surface area contributed by atoms with Crippen LogP contribution in [0.2, 0.25) is 0 Å². The average Bonchev–Trinajstić information content (AvgIpc) is 3.50. The van der Waals surface area contributed by atoms with E-state index >= 15 is 0 Å². The van der Waals surface area contributed by atoms with Crippen LogP contribution in [0.3, 0.4) is 0 Å². The summed E-state index contributed by atoms with van der Waals surface area (Å²) in [4.78, 5) is 17.6. The van der Waals surface area contributed by atoms with Crippen LogP contribution in [0, 0.1) is 26.0 Å². The van der Waals surface area contributed by atoms with Gasteiger partial charge in [0.1, 0.15) is 0 Å². The van der Waals surface area contributed by atoms with Gasteiger partial charge in [0.15, 0.2) is 0 Å². The minimum atomic E-state index is 0.866. The number of aryl methyl sites for hydroxylation is 4. The van der Waals surface area contributed by atoms with E-state index in [4.69, 9.17) is 0 Å². The number of rotatable bonds is 3. The molecule has 0 spiro atoms. The molecule has 0 saturated heterocycles. The van der Waals surface area contributed by atoms with Crippen molar-refractivity contribution in [1.29, 1.82) is 0 Å². The Balaban J connectivity index is 0.000000197. The second-order valence-corrected chi connectivity index (χ2v) is 7.37. The van der Waals surface area contributed by atoms with Crippen LogP contribution in [-0.2, 0) is 32.0 Å². The van der Waals surface area contributed by atoms with Gasteiger partial charge in [0, 0.05) is 45.1 Å². The summed E-state index contributed by atoms with van der Waals surface area (Å²) in [5.74, 6) is 1.73. The van der Waals surface area contributed by atoms with E-state index in [2.05, 4.69) is 41.7 Å². The molecule has 4 aromatic heterocycles. The fourth-order valence-corrected chi connectivity index (χ4v) is 3.39. The van der Waals surface area contributed by atoms with Crippen LogP contribution >= 0.6 is 9.58 Å². The summed E-state index contributed by atoms with van der Waals surface area (Å²) in [6, 6.07) is 20.3. The predicted octanol–water partition coefficient (Wildman–Crippen LogP) is 5.54. The van der Waals surface area contributed by atoms with Crippen molar-refractivity contribution in [3.63, 3.8) is 0 Å². The van der Waals surface area contributed by atoms with E-state index in [-0.39, 0.29) is 0 Å². The second-order valence-electron chi connectivity index (χ2n) is 7.37. The fraction of sp³-hybridized carbons (Fsp3) is 0.154. The zero-order chi connectivity index (χ0) is 24.5. The zero-order valence-electron chi connectivity index (χ0n) is 19.3. The van der Waals surface area contributed by atoms with Gasteiger partial charge in [0.05, 0.1) is 11.6 Å². The number of imidazole rings is 2. The average molecular weight is 648 g/mol. The first kappa shape index (κ1) is 25.5. The largest absolute Gasteiger partial charge is 0.305 e. The molecule has 0 bridgehead atoms. The maximum Gasteiger partial charge on any atom is 0.0160 e. The predicted molar refractivity (Wildman–Crippen MR) is 131 cm³/mol. The summed E-state index contributed by atoms with van der Waals surface area (Å²) in [5.41, 5.74) is 5.70. The summed E-state index contributed by atoms with van der Waals surface area (Å²) in [5, 5.41) is 0. The van der Waals surface area contributed by atoms with Crippen LogP contribution in [0.25, 0.3) is 34.0 Å². The number of pyridine rings is 2. The minimum Gasteiger partial charge on any atom is -0.305 e. The first-order valence-corrected chi connectivity index (χ1v) is 13.4. The Labute approximate surface area is 214 Å². The molecule has 5 aromatic rings.